The van der Waals surface area contributed by atoms with Crippen molar-refractivity contribution in [2.75, 3.05) is 20.1 Å². The van der Waals surface area contributed by atoms with Crippen LogP contribution in [0, 0.1) is 24.7 Å². The zero-order valence-electron chi connectivity index (χ0n) is 23.8. The molecule has 1 N–H and O–H groups in total. The van der Waals surface area contributed by atoms with Crippen molar-refractivity contribution in [3.05, 3.63) is 80.7 Å². The highest BCUT2D eigenvalue weighted by molar-refractivity contribution is 6.43. The van der Waals surface area contributed by atoms with Gasteiger partial charge >= 0.3 is 6.03 Å². The van der Waals surface area contributed by atoms with Crippen LogP contribution in [0.1, 0.15) is 72.6 Å². The number of amides is 2. The number of benzene rings is 2. The number of aryl methyl sites for hydroxylation is 2. The van der Waals surface area contributed by atoms with Crippen LogP contribution in [0.2, 0.25) is 10.0 Å². The largest absolute Gasteiger partial charge is 0.331 e. The van der Waals surface area contributed by atoms with Gasteiger partial charge in [0, 0.05) is 55.0 Å². The zero-order valence-corrected chi connectivity index (χ0v) is 25.3. The Kier molecular flexibility index (Phi) is 7.96. The molecule has 8 heteroatoms. The van der Waals surface area contributed by atoms with Crippen molar-refractivity contribution < 1.29 is 4.79 Å². The van der Waals surface area contributed by atoms with Gasteiger partial charge in [-0.1, -0.05) is 53.2 Å². The fourth-order valence-electron chi connectivity index (χ4n) is 6.05. The van der Waals surface area contributed by atoms with Crippen LogP contribution in [0.3, 0.4) is 0 Å². The highest BCUT2D eigenvalue weighted by Crippen LogP contribution is 2.40. The van der Waals surface area contributed by atoms with Crippen LogP contribution in [-0.2, 0) is 6.42 Å². The van der Waals surface area contributed by atoms with Crippen LogP contribution in [0.4, 0.5) is 4.79 Å². The fourth-order valence-corrected chi connectivity index (χ4v) is 6.59. The van der Waals surface area contributed by atoms with Gasteiger partial charge in [0.25, 0.3) is 0 Å². The molecule has 3 atom stereocenters. The second kappa shape index (κ2) is 11.6. The van der Waals surface area contributed by atoms with Gasteiger partial charge in [0.1, 0.15) is 6.33 Å². The Bertz CT molecular complexity index is 1540. The molecule has 2 aliphatic carbocycles. The van der Waals surface area contributed by atoms with Gasteiger partial charge in [0.05, 0.1) is 21.8 Å². The van der Waals surface area contributed by atoms with Gasteiger partial charge in [0.15, 0.2) is 0 Å². The first-order valence-electron chi connectivity index (χ1n) is 14.5. The molecule has 41 heavy (non-hydrogen) atoms. The minimum absolute atomic E-state index is 0.106. The number of halogens is 2. The molecule has 1 saturated carbocycles. The predicted octanol–water partition coefficient (Wildman–Crippen LogP) is 6.98. The van der Waals surface area contributed by atoms with Crippen LogP contribution >= 0.6 is 23.2 Å². The number of carbonyl (C=O) groups excluding carboxylic acids is 1. The van der Waals surface area contributed by atoms with Crippen LogP contribution in [0.15, 0.2) is 42.7 Å². The second-order valence-corrected chi connectivity index (χ2v) is 12.4. The molecule has 0 spiro atoms. The topological polar surface area (TPSA) is 61.4 Å². The van der Waals surface area contributed by atoms with Crippen molar-refractivity contribution >= 4 is 29.2 Å². The zero-order chi connectivity index (χ0) is 28.7. The Hall–Kier alpha value is -3.11. The van der Waals surface area contributed by atoms with Crippen molar-refractivity contribution in [3.63, 3.8) is 0 Å². The van der Waals surface area contributed by atoms with Crippen molar-refractivity contribution in [1.82, 2.24) is 25.1 Å². The summed E-state index contributed by atoms with van der Waals surface area (Å²) < 4.78 is 0. The van der Waals surface area contributed by atoms with Gasteiger partial charge in [0.2, 0.25) is 0 Å². The SMILES string of the molecule is Cc1cc(-c2ccc3c(c2)CCC3N2CCC(N(C)C(=O)N[C@@H](C)c3ccc(C#CC4CC4)c(Cl)c3Cl)C2)ncn1. The van der Waals surface area contributed by atoms with Crippen molar-refractivity contribution in [3.8, 4) is 23.1 Å². The lowest BCUT2D eigenvalue weighted by atomic mass is 10.0. The van der Waals surface area contributed by atoms with E-state index in [2.05, 4.69) is 50.2 Å². The van der Waals surface area contributed by atoms with E-state index in [-0.39, 0.29) is 18.1 Å². The van der Waals surface area contributed by atoms with E-state index < -0.39 is 0 Å². The van der Waals surface area contributed by atoms with Crippen LogP contribution in [-0.4, -0.2) is 52.0 Å². The third kappa shape index (κ3) is 5.95. The van der Waals surface area contributed by atoms with Gasteiger partial charge in [-0.05, 0) is 80.8 Å². The molecule has 1 saturated heterocycles. The Morgan fingerprint density at radius 2 is 1.93 bits per heavy atom. The monoisotopic (exact) mass is 587 g/mol. The number of nitrogens with one attached hydrogen (secondary N) is 1. The summed E-state index contributed by atoms with van der Waals surface area (Å²) >= 11 is 13.2. The van der Waals surface area contributed by atoms with Crippen LogP contribution in [0.5, 0.6) is 0 Å². The normalized spacial score (nSPS) is 20.7. The standard InChI is InChI=1S/C33H35Cl2N5O/c1-20-16-29(37-19-36-20)25-9-12-28-24(17-25)10-13-30(28)40-15-14-26(18-40)39(3)33(41)38-21(2)27-11-8-23(31(34)32(27)35)7-6-22-4-5-22/h8-9,11-12,16-17,19,21-22,26,30H,4-5,10,13-15,18H2,1-3H3,(H,38,41)/t21-,26?,30?/m0/s1. The molecule has 3 aromatic rings. The Morgan fingerprint density at radius 1 is 1.10 bits per heavy atom. The number of aromatic nitrogens is 2. The van der Waals surface area contributed by atoms with Crippen LogP contribution in [0.25, 0.3) is 11.3 Å². The third-order valence-electron chi connectivity index (χ3n) is 8.70. The number of hydrogen-bond acceptors (Lipinski definition) is 4. The molecule has 212 valence electrons. The average Bonchev–Trinajstić information content (AvgIpc) is 3.50. The minimum Gasteiger partial charge on any atom is -0.331 e. The number of carbonyl (C=O) groups is 1. The Morgan fingerprint density at radius 3 is 2.71 bits per heavy atom. The molecule has 1 aliphatic heterocycles. The predicted molar refractivity (Wildman–Crippen MR) is 164 cm³/mol. The molecule has 6 nitrogen and oxygen atoms in total. The summed E-state index contributed by atoms with van der Waals surface area (Å²) in [7, 11) is 1.89. The maximum Gasteiger partial charge on any atom is 0.317 e. The molecule has 6 rings (SSSR count). The number of fused-ring (bicyclic) bond motifs is 1. The lowest BCUT2D eigenvalue weighted by Gasteiger charge is -2.29. The highest BCUT2D eigenvalue weighted by Gasteiger charge is 2.36. The lowest BCUT2D eigenvalue weighted by Crippen LogP contribution is -2.45. The maximum atomic E-state index is 13.3. The average molecular weight is 589 g/mol. The fraction of sp³-hybridized carbons (Fsp3) is 0.424. The first-order chi connectivity index (χ1) is 19.8. The number of likely N-dealkylation sites (N-methyl/N-ethyl adjacent to an activating group) is 1. The number of rotatable bonds is 5. The molecule has 1 aromatic heterocycles. The molecule has 2 unspecified atom stereocenters. The van der Waals surface area contributed by atoms with Crippen molar-refractivity contribution in [1.29, 1.82) is 0 Å². The molecule has 2 heterocycles. The molecular formula is C33H35Cl2N5O. The smallest absolute Gasteiger partial charge is 0.317 e. The molecule has 2 amide bonds. The summed E-state index contributed by atoms with van der Waals surface area (Å²) in [6.45, 7) is 5.76. The van der Waals surface area contributed by atoms with E-state index in [0.717, 1.165) is 73.3 Å². The quantitative estimate of drug-likeness (QED) is 0.327. The van der Waals surface area contributed by atoms with Crippen molar-refractivity contribution in [2.45, 2.75) is 64.1 Å². The summed E-state index contributed by atoms with van der Waals surface area (Å²) in [6.07, 6.45) is 7.05. The lowest BCUT2D eigenvalue weighted by molar-refractivity contribution is 0.179. The molecule has 0 radical (unpaired) electrons. The number of hydrogen-bond donors (Lipinski definition) is 1. The summed E-state index contributed by atoms with van der Waals surface area (Å²) in [5, 5.41) is 4.03. The van der Waals surface area contributed by atoms with E-state index in [1.807, 2.05) is 44.0 Å². The molecule has 2 fully saturated rings. The molecule has 2 aromatic carbocycles. The van der Waals surface area contributed by atoms with Gasteiger partial charge in [-0.2, -0.15) is 0 Å². The number of urea groups is 1. The summed E-state index contributed by atoms with van der Waals surface area (Å²) in [6, 6.07) is 12.7. The van der Waals surface area contributed by atoms with E-state index in [9.17, 15) is 4.79 Å². The van der Waals surface area contributed by atoms with E-state index in [1.165, 1.54) is 11.1 Å². The molecule has 3 aliphatic rings. The van der Waals surface area contributed by atoms with E-state index >= 15 is 0 Å². The van der Waals surface area contributed by atoms with Crippen molar-refractivity contribution in [2.24, 2.45) is 5.92 Å². The molecular weight excluding hydrogens is 553 g/mol. The Balaban J connectivity index is 1.07. The first-order valence-corrected chi connectivity index (χ1v) is 15.2. The van der Waals surface area contributed by atoms with Gasteiger partial charge in [-0.15, -0.1) is 0 Å². The first kappa shape index (κ1) is 28.0. The summed E-state index contributed by atoms with van der Waals surface area (Å²) in [5.41, 5.74) is 7.41. The Labute approximate surface area is 252 Å². The number of likely N-dealkylation sites (tertiary alicyclic amines) is 1. The van der Waals surface area contributed by atoms with Gasteiger partial charge in [-0.3, -0.25) is 4.90 Å². The van der Waals surface area contributed by atoms with E-state index in [4.69, 9.17) is 23.2 Å². The summed E-state index contributed by atoms with van der Waals surface area (Å²) in [4.78, 5) is 26.3. The highest BCUT2D eigenvalue weighted by atomic mass is 35.5. The molecule has 0 bridgehead atoms. The van der Waals surface area contributed by atoms with E-state index in [1.54, 1.807) is 6.33 Å². The van der Waals surface area contributed by atoms with Gasteiger partial charge < -0.3 is 10.2 Å². The minimum atomic E-state index is -0.285. The van der Waals surface area contributed by atoms with Crippen LogP contribution < -0.4 is 5.32 Å². The second-order valence-electron chi connectivity index (χ2n) is 11.6. The number of nitrogens with zero attached hydrogens (tertiary/aromatic N) is 4. The van der Waals surface area contributed by atoms with E-state index in [0.29, 0.717) is 22.0 Å². The summed E-state index contributed by atoms with van der Waals surface area (Å²) in [5.74, 6) is 6.87. The van der Waals surface area contributed by atoms with Gasteiger partial charge in [-0.25, -0.2) is 14.8 Å². The third-order valence-corrected chi connectivity index (χ3v) is 9.60. The maximum absolute atomic E-state index is 13.3.